The molecule has 32 heavy (non-hydrogen) atoms. The molecule has 0 aliphatic heterocycles. The number of ether oxygens (including phenoxy) is 1. The highest BCUT2D eigenvalue weighted by atomic mass is 16.6. The van der Waals surface area contributed by atoms with Gasteiger partial charge in [-0.1, -0.05) is 61.5 Å². The summed E-state index contributed by atoms with van der Waals surface area (Å²) in [6.07, 6.45) is 0.156. The number of benzene rings is 3. The smallest absolute Gasteiger partial charge is 0.338 e. The lowest BCUT2D eigenvalue weighted by Crippen LogP contribution is -2.30. The number of nitro benzene ring substituents is 1. The molecule has 0 bridgehead atoms. The van der Waals surface area contributed by atoms with Gasteiger partial charge < -0.3 is 9.64 Å². The van der Waals surface area contributed by atoms with E-state index >= 15 is 0 Å². The van der Waals surface area contributed by atoms with Crippen molar-refractivity contribution in [3.05, 3.63) is 94.0 Å². The maximum Gasteiger partial charge on any atom is 0.338 e. The Morgan fingerprint density at radius 3 is 2.19 bits per heavy atom. The fraction of sp³-hybridized carbons (Fsp3) is 0.200. The summed E-state index contributed by atoms with van der Waals surface area (Å²) in [5, 5.41) is 11.6. The first-order chi connectivity index (χ1) is 15.4. The average molecular weight is 432 g/mol. The molecule has 0 atom stereocenters. The molecule has 0 aromatic heterocycles. The highest BCUT2D eigenvalue weighted by Crippen LogP contribution is 2.32. The number of esters is 1. The summed E-state index contributed by atoms with van der Waals surface area (Å²) >= 11 is 0. The molecule has 0 radical (unpaired) electrons. The van der Waals surface area contributed by atoms with Crippen LogP contribution in [0.25, 0.3) is 11.1 Å². The van der Waals surface area contributed by atoms with Crippen LogP contribution in [0.5, 0.6) is 0 Å². The number of nitro groups is 1. The molecule has 164 valence electrons. The Kier molecular flexibility index (Phi) is 7.33. The van der Waals surface area contributed by atoms with Crippen LogP contribution in [0.15, 0.2) is 72.8 Å². The molecule has 7 heteroatoms. The van der Waals surface area contributed by atoms with Crippen LogP contribution in [0.2, 0.25) is 0 Å². The Morgan fingerprint density at radius 1 is 0.938 bits per heavy atom. The number of anilines is 1. The highest BCUT2D eigenvalue weighted by molar-refractivity contribution is 5.98. The summed E-state index contributed by atoms with van der Waals surface area (Å²) in [6, 6.07) is 21.5. The summed E-state index contributed by atoms with van der Waals surface area (Å²) in [4.78, 5) is 37.4. The summed E-state index contributed by atoms with van der Waals surface area (Å²) in [6.45, 7) is 3.68. The quantitative estimate of drug-likeness (QED) is 0.271. The van der Waals surface area contributed by atoms with E-state index in [-0.39, 0.29) is 42.4 Å². The van der Waals surface area contributed by atoms with E-state index in [0.29, 0.717) is 0 Å². The Hall–Kier alpha value is -4.00. The molecule has 0 saturated heterocycles. The van der Waals surface area contributed by atoms with Gasteiger partial charge in [-0.2, -0.15) is 0 Å². The Balaban J connectivity index is 1.98. The fourth-order valence-corrected chi connectivity index (χ4v) is 3.35. The Labute approximate surface area is 186 Å². The van der Waals surface area contributed by atoms with Crippen LogP contribution in [0.3, 0.4) is 0 Å². The molecule has 0 fully saturated rings. The van der Waals surface area contributed by atoms with E-state index in [9.17, 15) is 19.7 Å². The molecule has 0 spiro atoms. The zero-order valence-corrected chi connectivity index (χ0v) is 18.0. The van der Waals surface area contributed by atoms with Gasteiger partial charge in [-0.3, -0.25) is 14.9 Å². The van der Waals surface area contributed by atoms with Crippen LogP contribution in [-0.4, -0.2) is 23.4 Å². The average Bonchev–Trinajstić information content (AvgIpc) is 2.82. The van der Waals surface area contributed by atoms with Crippen LogP contribution in [0, 0.1) is 10.1 Å². The maximum absolute atomic E-state index is 12.8. The van der Waals surface area contributed by atoms with E-state index in [0.717, 1.165) is 16.7 Å². The van der Waals surface area contributed by atoms with Crippen molar-refractivity contribution in [3.8, 4) is 11.1 Å². The van der Waals surface area contributed by atoms with Crippen molar-refractivity contribution in [2.24, 2.45) is 0 Å². The normalized spacial score (nSPS) is 10.4. The predicted octanol–water partition coefficient (Wildman–Crippen LogP) is 5.38. The second-order valence-electron chi connectivity index (χ2n) is 7.08. The van der Waals surface area contributed by atoms with Gasteiger partial charge in [-0.15, -0.1) is 0 Å². The third kappa shape index (κ3) is 5.18. The van der Waals surface area contributed by atoms with Crippen LogP contribution >= 0.6 is 0 Å². The summed E-state index contributed by atoms with van der Waals surface area (Å²) in [5.41, 5.74) is 2.87. The third-order valence-electron chi connectivity index (χ3n) is 4.98. The minimum absolute atomic E-state index is 0.0690. The first kappa shape index (κ1) is 22.7. The third-order valence-corrected chi connectivity index (χ3v) is 4.98. The van der Waals surface area contributed by atoms with Crippen molar-refractivity contribution in [1.29, 1.82) is 0 Å². The van der Waals surface area contributed by atoms with Crippen LogP contribution in [-0.2, 0) is 16.1 Å². The van der Waals surface area contributed by atoms with Crippen LogP contribution < -0.4 is 4.90 Å². The number of nitrogens with zero attached hydrogens (tertiary/aromatic N) is 2. The SMILES string of the molecule is CCOC(=O)c1ccc([N+](=O)[O-])c(N(Cc2ccc(-c3ccccc3)cc2)C(=O)CC)c1. The van der Waals surface area contributed by atoms with Gasteiger partial charge in [0.1, 0.15) is 5.69 Å². The lowest BCUT2D eigenvalue weighted by molar-refractivity contribution is -0.384. The summed E-state index contributed by atoms with van der Waals surface area (Å²) in [7, 11) is 0. The maximum atomic E-state index is 12.8. The molecule has 3 aromatic carbocycles. The molecule has 0 unspecified atom stereocenters. The lowest BCUT2D eigenvalue weighted by Gasteiger charge is -2.23. The molecular weight excluding hydrogens is 408 g/mol. The topological polar surface area (TPSA) is 89.8 Å². The van der Waals surface area contributed by atoms with Crippen molar-refractivity contribution >= 4 is 23.3 Å². The monoisotopic (exact) mass is 432 g/mol. The first-order valence-electron chi connectivity index (χ1n) is 10.3. The van der Waals surface area contributed by atoms with Gasteiger partial charge in [0.05, 0.1) is 23.6 Å². The first-order valence-corrected chi connectivity index (χ1v) is 10.3. The standard InChI is InChI=1S/C25H24N2O5/c1-3-24(28)26(17-18-10-12-20(13-11-18)19-8-6-5-7-9-19)23-16-21(25(29)32-4-2)14-15-22(23)27(30)31/h5-16H,3-4,17H2,1-2H3. The fourth-order valence-electron chi connectivity index (χ4n) is 3.35. The van der Waals surface area contributed by atoms with E-state index in [1.807, 2.05) is 54.6 Å². The van der Waals surface area contributed by atoms with E-state index in [4.69, 9.17) is 4.74 Å². The molecule has 0 saturated carbocycles. The van der Waals surface area contributed by atoms with Crippen molar-refractivity contribution < 1.29 is 19.2 Å². The van der Waals surface area contributed by atoms with Crippen molar-refractivity contribution in [2.75, 3.05) is 11.5 Å². The predicted molar refractivity (Wildman–Crippen MR) is 122 cm³/mol. The molecule has 1 amide bonds. The number of amides is 1. The zero-order chi connectivity index (χ0) is 23.1. The van der Waals surface area contributed by atoms with E-state index in [1.165, 1.54) is 23.1 Å². The number of rotatable bonds is 8. The highest BCUT2D eigenvalue weighted by Gasteiger charge is 2.26. The summed E-state index contributed by atoms with van der Waals surface area (Å²) < 4.78 is 5.01. The van der Waals surface area contributed by atoms with Crippen molar-refractivity contribution in [3.63, 3.8) is 0 Å². The molecule has 0 aliphatic carbocycles. The van der Waals surface area contributed by atoms with Gasteiger partial charge in [-0.05, 0) is 35.7 Å². The minimum Gasteiger partial charge on any atom is -0.462 e. The van der Waals surface area contributed by atoms with Gasteiger partial charge in [0.2, 0.25) is 5.91 Å². The number of hydrogen-bond acceptors (Lipinski definition) is 5. The summed E-state index contributed by atoms with van der Waals surface area (Å²) in [5.74, 6) is -0.888. The van der Waals surface area contributed by atoms with Gasteiger partial charge in [-0.25, -0.2) is 4.79 Å². The largest absolute Gasteiger partial charge is 0.462 e. The van der Waals surface area contributed by atoms with E-state index in [2.05, 4.69) is 0 Å². The van der Waals surface area contributed by atoms with E-state index < -0.39 is 10.9 Å². The molecular formula is C25H24N2O5. The van der Waals surface area contributed by atoms with Crippen molar-refractivity contribution in [2.45, 2.75) is 26.8 Å². The molecule has 3 rings (SSSR count). The van der Waals surface area contributed by atoms with Gasteiger partial charge in [0, 0.05) is 12.5 Å². The van der Waals surface area contributed by atoms with Gasteiger partial charge in [0.25, 0.3) is 5.69 Å². The Morgan fingerprint density at radius 2 is 1.59 bits per heavy atom. The second kappa shape index (κ2) is 10.3. The second-order valence-corrected chi connectivity index (χ2v) is 7.08. The number of hydrogen-bond donors (Lipinski definition) is 0. The van der Waals surface area contributed by atoms with E-state index in [1.54, 1.807) is 13.8 Å². The van der Waals surface area contributed by atoms with Crippen LogP contribution in [0.1, 0.15) is 36.2 Å². The molecule has 0 aliphatic rings. The van der Waals surface area contributed by atoms with Crippen LogP contribution in [0.4, 0.5) is 11.4 Å². The molecule has 3 aromatic rings. The van der Waals surface area contributed by atoms with Crippen molar-refractivity contribution in [1.82, 2.24) is 0 Å². The number of carbonyl (C=O) groups is 2. The van der Waals surface area contributed by atoms with Gasteiger partial charge >= 0.3 is 5.97 Å². The number of carbonyl (C=O) groups excluding carboxylic acids is 2. The zero-order valence-electron chi connectivity index (χ0n) is 18.0. The molecule has 0 heterocycles. The lowest BCUT2D eigenvalue weighted by atomic mass is 10.0. The van der Waals surface area contributed by atoms with Gasteiger partial charge in [0.15, 0.2) is 0 Å². The molecule has 7 nitrogen and oxygen atoms in total. The molecule has 0 N–H and O–H groups in total. The minimum atomic E-state index is -0.597. The Bertz CT molecular complexity index is 1110.